The van der Waals surface area contributed by atoms with Crippen molar-refractivity contribution in [3.8, 4) is 5.75 Å². The van der Waals surface area contributed by atoms with Crippen molar-refractivity contribution in [2.75, 3.05) is 25.0 Å². The molecule has 1 amide bonds. The highest BCUT2D eigenvalue weighted by molar-refractivity contribution is 6.31. The number of hydrogen-bond donors (Lipinski definition) is 3. The molecule has 2 aromatic carbocycles. The summed E-state index contributed by atoms with van der Waals surface area (Å²) in [6.07, 6.45) is 0.0839. The van der Waals surface area contributed by atoms with Gasteiger partial charge in [0, 0.05) is 54.6 Å². The molecule has 1 aliphatic rings. The van der Waals surface area contributed by atoms with E-state index in [1.165, 1.54) is 25.1 Å². The van der Waals surface area contributed by atoms with E-state index in [0.29, 0.717) is 29.4 Å². The fraction of sp³-hybridized carbons (Fsp3) is 0.360. The van der Waals surface area contributed by atoms with Gasteiger partial charge in [-0.2, -0.15) is 0 Å². The SMILES string of the molecule is CC(=O)Nc1cc(C)cc(C(C)=O)c1OCC(O)CN1CCc2[nH]c3ccc(Cl)cc3c2C1. The van der Waals surface area contributed by atoms with E-state index in [2.05, 4.69) is 15.2 Å². The van der Waals surface area contributed by atoms with Gasteiger partial charge in [0.05, 0.1) is 11.3 Å². The van der Waals surface area contributed by atoms with Gasteiger partial charge in [-0.3, -0.25) is 14.5 Å². The number of ketones is 1. The fourth-order valence-corrected chi connectivity index (χ4v) is 4.57. The number of aryl methyl sites for hydroxylation is 1. The van der Waals surface area contributed by atoms with Gasteiger partial charge in [0.15, 0.2) is 11.5 Å². The van der Waals surface area contributed by atoms with Gasteiger partial charge in [-0.15, -0.1) is 0 Å². The number of aliphatic hydroxyl groups excluding tert-OH is 1. The summed E-state index contributed by atoms with van der Waals surface area (Å²) in [7, 11) is 0. The number of anilines is 1. The first-order valence-corrected chi connectivity index (χ1v) is 11.3. The van der Waals surface area contributed by atoms with Gasteiger partial charge < -0.3 is 20.1 Å². The number of aromatic nitrogens is 1. The normalized spacial score (nSPS) is 14.7. The number of H-pyrrole nitrogens is 1. The Labute approximate surface area is 197 Å². The van der Waals surface area contributed by atoms with E-state index in [0.717, 1.165) is 29.4 Å². The summed E-state index contributed by atoms with van der Waals surface area (Å²) in [4.78, 5) is 29.4. The van der Waals surface area contributed by atoms with Crippen LogP contribution >= 0.6 is 11.6 Å². The molecule has 1 aliphatic heterocycles. The number of ether oxygens (including phenoxy) is 1. The summed E-state index contributed by atoms with van der Waals surface area (Å²) < 4.78 is 5.89. The molecule has 0 fully saturated rings. The van der Waals surface area contributed by atoms with Crippen LogP contribution in [0, 0.1) is 6.92 Å². The number of rotatable bonds is 7. The molecule has 1 unspecified atom stereocenters. The third-order valence-corrected chi connectivity index (χ3v) is 6.06. The Morgan fingerprint density at radius 2 is 2.06 bits per heavy atom. The molecule has 7 nitrogen and oxygen atoms in total. The molecule has 174 valence electrons. The third-order valence-electron chi connectivity index (χ3n) is 5.83. The zero-order valence-electron chi connectivity index (χ0n) is 19.0. The van der Waals surface area contributed by atoms with Gasteiger partial charge in [-0.1, -0.05) is 11.6 Å². The zero-order chi connectivity index (χ0) is 23.7. The van der Waals surface area contributed by atoms with Crippen LogP contribution in [-0.2, 0) is 17.8 Å². The van der Waals surface area contributed by atoms with Crippen molar-refractivity contribution < 1.29 is 19.4 Å². The van der Waals surface area contributed by atoms with E-state index in [1.807, 2.05) is 25.1 Å². The summed E-state index contributed by atoms with van der Waals surface area (Å²) in [6.45, 7) is 6.63. The summed E-state index contributed by atoms with van der Waals surface area (Å²) in [5.74, 6) is -0.144. The lowest BCUT2D eigenvalue weighted by molar-refractivity contribution is -0.114. The maximum Gasteiger partial charge on any atom is 0.221 e. The summed E-state index contributed by atoms with van der Waals surface area (Å²) in [6, 6.07) is 9.32. The predicted octanol–water partition coefficient (Wildman–Crippen LogP) is 4.09. The van der Waals surface area contributed by atoms with Gasteiger partial charge in [0.2, 0.25) is 5.91 Å². The lowest BCUT2D eigenvalue weighted by Crippen LogP contribution is -2.38. The predicted molar refractivity (Wildman–Crippen MR) is 129 cm³/mol. The van der Waals surface area contributed by atoms with Crippen LogP contribution in [0.15, 0.2) is 30.3 Å². The Bertz CT molecular complexity index is 1220. The van der Waals surface area contributed by atoms with Gasteiger partial charge in [0.25, 0.3) is 0 Å². The van der Waals surface area contributed by atoms with Crippen LogP contribution in [0.3, 0.4) is 0 Å². The number of benzene rings is 2. The van der Waals surface area contributed by atoms with Crippen molar-refractivity contribution in [3.63, 3.8) is 0 Å². The molecule has 1 atom stereocenters. The number of carbonyl (C=O) groups excluding carboxylic acids is 2. The number of aromatic amines is 1. The molecule has 33 heavy (non-hydrogen) atoms. The molecular formula is C25H28ClN3O4. The van der Waals surface area contributed by atoms with Crippen molar-refractivity contribution >= 4 is 39.9 Å². The number of fused-ring (bicyclic) bond motifs is 3. The lowest BCUT2D eigenvalue weighted by Gasteiger charge is -2.29. The second-order valence-corrected chi connectivity index (χ2v) is 9.08. The highest BCUT2D eigenvalue weighted by atomic mass is 35.5. The third kappa shape index (κ3) is 5.21. The standard InChI is InChI=1S/C25H28ClN3O4/c1-14-8-19(15(2)30)25(24(9-14)27-16(3)31)33-13-18(32)11-29-7-6-23-21(12-29)20-10-17(26)4-5-22(20)28-23/h4-5,8-10,18,28,32H,6-7,11-13H2,1-3H3,(H,27,31). The monoisotopic (exact) mass is 469 g/mol. The van der Waals surface area contributed by atoms with Gasteiger partial charge >= 0.3 is 0 Å². The van der Waals surface area contributed by atoms with Crippen LogP contribution in [0.4, 0.5) is 5.69 Å². The van der Waals surface area contributed by atoms with Gasteiger partial charge in [-0.25, -0.2) is 0 Å². The Hall–Kier alpha value is -2.87. The number of Topliss-reactive ketones (excluding diaryl/α,β-unsaturated/α-hetero) is 1. The minimum absolute atomic E-state index is 0.000996. The van der Waals surface area contributed by atoms with Crippen LogP contribution in [0.5, 0.6) is 5.75 Å². The minimum Gasteiger partial charge on any atom is -0.488 e. The maximum absolute atomic E-state index is 12.2. The van der Waals surface area contributed by atoms with Crippen molar-refractivity contribution in [2.24, 2.45) is 0 Å². The molecule has 8 heteroatoms. The highest BCUT2D eigenvalue weighted by Gasteiger charge is 2.23. The smallest absolute Gasteiger partial charge is 0.221 e. The molecule has 0 radical (unpaired) electrons. The number of amides is 1. The molecule has 2 heterocycles. The maximum atomic E-state index is 12.2. The van der Waals surface area contributed by atoms with E-state index >= 15 is 0 Å². The molecule has 4 rings (SSSR count). The largest absolute Gasteiger partial charge is 0.488 e. The van der Waals surface area contributed by atoms with Crippen molar-refractivity contribution in [1.82, 2.24) is 9.88 Å². The Morgan fingerprint density at radius 3 is 2.79 bits per heavy atom. The zero-order valence-corrected chi connectivity index (χ0v) is 19.8. The first-order valence-electron chi connectivity index (χ1n) is 11.0. The molecule has 0 spiro atoms. The summed E-state index contributed by atoms with van der Waals surface area (Å²) in [5, 5.41) is 15.2. The van der Waals surface area contributed by atoms with Crippen LogP contribution < -0.4 is 10.1 Å². The Kier molecular flexibility index (Phi) is 6.74. The van der Waals surface area contributed by atoms with Crippen LogP contribution in [0.25, 0.3) is 10.9 Å². The Balaban J connectivity index is 1.46. The van der Waals surface area contributed by atoms with Crippen molar-refractivity contribution in [2.45, 2.75) is 39.8 Å². The first-order chi connectivity index (χ1) is 15.7. The van der Waals surface area contributed by atoms with E-state index in [-0.39, 0.29) is 24.0 Å². The fourth-order valence-electron chi connectivity index (χ4n) is 4.40. The summed E-state index contributed by atoms with van der Waals surface area (Å²) >= 11 is 6.19. The first kappa shape index (κ1) is 23.3. The second-order valence-electron chi connectivity index (χ2n) is 8.65. The number of hydrogen-bond acceptors (Lipinski definition) is 5. The number of halogens is 1. The topological polar surface area (TPSA) is 94.7 Å². The summed E-state index contributed by atoms with van der Waals surface area (Å²) in [5.41, 5.74) is 5.12. The quantitative estimate of drug-likeness (QED) is 0.453. The molecule has 0 saturated carbocycles. The molecule has 0 bridgehead atoms. The molecule has 3 N–H and O–H groups in total. The van der Waals surface area contributed by atoms with E-state index in [4.69, 9.17) is 16.3 Å². The molecule has 3 aromatic rings. The number of nitrogens with zero attached hydrogens (tertiary/aromatic N) is 1. The highest BCUT2D eigenvalue weighted by Crippen LogP contribution is 2.32. The average molecular weight is 470 g/mol. The lowest BCUT2D eigenvalue weighted by atomic mass is 10.0. The van der Waals surface area contributed by atoms with E-state index in [1.54, 1.807) is 12.1 Å². The van der Waals surface area contributed by atoms with E-state index < -0.39 is 6.10 Å². The molecular weight excluding hydrogens is 442 g/mol. The Morgan fingerprint density at radius 1 is 1.27 bits per heavy atom. The number of nitrogens with one attached hydrogen (secondary N) is 2. The van der Waals surface area contributed by atoms with Gasteiger partial charge in [-0.05, 0) is 55.3 Å². The molecule has 0 aliphatic carbocycles. The minimum atomic E-state index is -0.772. The van der Waals surface area contributed by atoms with Crippen molar-refractivity contribution in [3.05, 3.63) is 57.7 Å². The van der Waals surface area contributed by atoms with Crippen molar-refractivity contribution in [1.29, 1.82) is 0 Å². The number of β-amino-alcohol motifs (C(OH)–C–C–N with tert-alkyl or cyclic N) is 1. The van der Waals surface area contributed by atoms with E-state index in [9.17, 15) is 14.7 Å². The van der Waals surface area contributed by atoms with Crippen LogP contribution in [0.1, 0.15) is 41.0 Å². The van der Waals surface area contributed by atoms with Gasteiger partial charge in [0.1, 0.15) is 12.7 Å². The second kappa shape index (κ2) is 9.55. The van der Waals surface area contributed by atoms with Crippen LogP contribution in [0.2, 0.25) is 5.02 Å². The average Bonchev–Trinajstić information content (AvgIpc) is 3.09. The number of aliphatic hydroxyl groups is 1. The van der Waals surface area contributed by atoms with Crippen LogP contribution in [-0.4, -0.2) is 52.5 Å². The molecule has 1 aromatic heterocycles. The number of carbonyl (C=O) groups is 2. The molecule has 0 saturated heterocycles.